The number of aromatic nitrogens is 3. The molecule has 0 saturated heterocycles. The molecule has 0 amide bonds. The number of aryl methyl sites for hydroxylation is 2. The number of pyridine rings is 1. The summed E-state index contributed by atoms with van der Waals surface area (Å²) < 4.78 is 3.92. The predicted molar refractivity (Wildman–Crippen MR) is 73.5 cm³/mol. The molecule has 0 N–H and O–H groups in total. The largest absolute Gasteiger partial charge is 0.292 e. The summed E-state index contributed by atoms with van der Waals surface area (Å²) in [5.41, 5.74) is 2.98. The first-order chi connectivity index (χ1) is 9.31. The zero-order valence-corrected chi connectivity index (χ0v) is 11.6. The lowest BCUT2D eigenvalue weighted by Gasteiger charge is -2.22. The van der Waals surface area contributed by atoms with E-state index in [1.807, 2.05) is 13.0 Å². The molecule has 1 atom stereocenters. The van der Waals surface area contributed by atoms with Gasteiger partial charge < -0.3 is 0 Å². The smallest absolute Gasteiger partial charge is 0.185 e. The Kier molecular flexibility index (Phi) is 3.38. The Morgan fingerprint density at radius 1 is 1.53 bits per heavy atom. The number of hydrogen-bond donors (Lipinski definition) is 0. The van der Waals surface area contributed by atoms with Crippen LogP contribution in [0.5, 0.6) is 0 Å². The van der Waals surface area contributed by atoms with Crippen LogP contribution in [0.4, 0.5) is 0 Å². The van der Waals surface area contributed by atoms with Crippen molar-refractivity contribution in [2.75, 3.05) is 0 Å². The molecule has 3 rings (SSSR count). The van der Waals surface area contributed by atoms with Crippen LogP contribution in [-0.4, -0.2) is 20.4 Å². The van der Waals surface area contributed by atoms with Gasteiger partial charge in [-0.05, 0) is 48.8 Å². The van der Waals surface area contributed by atoms with Crippen molar-refractivity contribution in [2.24, 2.45) is 0 Å². The van der Waals surface area contributed by atoms with Crippen LogP contribution >= 0.6 is 11.5 Å². The van der Waals surface area contributed by atoms with Crippen LogP contribution in [0.3, 0.4) is 0 Å². The van der Waals surface area contributed by atoms with Gasteiger partial charge in [0.15, 0.2) is 5.78 Å². The number of fused-ring (bicyclic) bond motifs is 1. The highest BCUT2D eigenvalue weighted by molar-refractivity contribution is 7.08. The summed E-state index contributed by atoms with van der Waals surface area (Å²) in [6.45, 7) is 2.00. The third-order valence-corrected chi connectivity index (χ3v) is 4.41. The molecule has 98 valence electrons. The molecule has 0 saturated carbocycles. The number of ketones is 1. The van der Waals surface area contributed by atoms with Crippen molar-refractivity contribution in [3.05, 3.63) is 40.2 Å². The summed E-state index contributed by atoms with van der Waals surface area (Å²) in [6, 6.07) is 4.02. The average Bonchev–Trinajstić information content (AvgIpc) is 2.94. The highest BCUT2D eigenvalue weighted by atomic mass is 32.1. The Balaban J connectivity index is 1.98. The monoisotopic (exact) mass is 273 g/mol. The Hall–Kier alpha value is -1.62. The molecule has 19 heavy (non-hydrogen) atoms. The number of Topliss-reactive ketones (excluding diaryl/α,β-unsaturated/α-hetero) is 1. The number of nitrogens with zero attached hydrogens (tertiary/aromatic N) is 3. The standard InChI is InChI=1S/C14H15N3OS/c1-2-11-14(19-17-16-11)13(18)10-7-3-5-9-6-4-8-15-12(9)10/h4,6,8,10H,2-3,5,7H2,1H3. The second-order valence-corrected chi connectivity index (χ2v) is 5.51. The molecule has 0 radical (unpaired) electrons. The van der Waals surface area contributed by atoms with E-state index >= 15 is 0 Å². The fourth-order valence-electron chi connectivity index (χ4n) is 2.65. The summed E-state index contributed by atoms with van der Waals surface area (Å²) in [5, 5.41) is 4.03. The van der Waals surface area contributed by atoms with Gasteiger partial charge in [0.05, 0.1) is 17.3 Å². The first-order valence-corrected chi connectivity index (χ1v) is 7.37. The van der Waals surface area contributed by atoms with Crippen LogP contribution in [0.1, 0.15) is 52.3 Å². The molecule has 4 nitrogen and oxygen atoms in total. The summed E-state index contributed by atoms with van der Waals surface area (Å²) in [5.74, 6) is 0.0315. The molecule has 1 aliphatic carbocycles. The Labute approximate surface area is 116 Å². The number of carbonyl (C=O) groups excluding carboxylic acids is 1. The van der Waals surface area contributed by atoms with E-state index in [9.17, 15) is 4.79 Å². The molecular weight excluding hydrogens is 258 g/mol. The SMILES string of the molecule is CCc1nnsc1C(=O)C1CCCc2cccnc21. The van der Waals surface area contributed by atoms with Crippen LogP contribution in [0.25, 0.3) is 0 Å². The lowest BCUT2D eigenvalue weighted by atomic mass is 9.83. The van der Waals surface area contributed by atoms with Gasteiger partial charge in [-0.15, -0.1) is 5.10 Å². The van der Waals surface area contributed by atoms with E-state index in [4.69, 9.17) is 0 Å². The highest BCUT2D eigenvalue weighted by Crippen LogP contribution is 2.33. The van der Waals surface area contributed by atoms with E-state index in [1.165, 1.54) is 17.1 Å². The maximum Gasteiger partial charge on any atom is 0.185 e. The quantitative estimate of drug-likeness (QED) is 0.807. The maximum absolute atomic E-state index is 12.7. The van der Waals surface area contributed by atoms with Crippen LogP contribution in [0.15, 0.2) is 18.3 Å². The van der Waals surface area contributed by atoms with Gasteiger partial charge in [0.1, 0.15) is 4.88 Å². The summed E-state index contributed by atoms with van der Waals surface area (Å²) >= 11 is 1.21. The van der Waals surface area contributed by atoms with Crippen LogP contribution in [0.2, 0.25) is 0 Å². The Bertz CT molecular complexity index is 608. The van der Waals surface area contributed by atoms with Gasteiger partial charge in [0.2, 0.25) is 0 Å². The minimum atomic E-state index is -0.113. The van der Waals surface area contributed by atoms with Crippen molar-refractivity contribution in [3.63, 3.8) is 0 Å². The molecule has 0 fully saturated rings. The van der Waals surface area contributed by atoms with Gasteiger partial charge in [-0.1, -0.05) is 17.5 Å². The van der Waals surface area contributed by atoms with Gasteiger partial charge in [-0.2, -0.15) is 0 Å². The average molecular weight is 273 g/mol. The Morgan fingerprint density at radius 2 is 2.42 bits per heavy atom. The van der Waals surface area contributed by atoms with E-state index in [1.54, 1.807) is 6.20 Å². The molecule has 0 bridgehead atoms. The van der Waals surface area contributed by atoms with Gasteiger partial charge in [-0.3, -0.25) is 9.78 Å². The van der Waals surface area contributed by atoms with Crippen LogP contribution in [-0.2, 0) is 12.8 Å². The lowest BCUT2D eigenvalue weighted by molar-refractivity contribution is 0.0952. The molecule has 0 spiro atoms. The van der Waals surface area contributed by atoms with E-state index in [-0.39, 0.29) is 11.7 Å². The maximum atomic E-state index is 12.7. The number of carbonyl (C=O) groups is 1. The fraction of sp³-hybridized carbons (Fsp3) is 0.429. The topological polar surface area (TPSA) is 55.7 Å². The predicted octanol–water partition coefficient (Wildman–Crippen LogP) is 2.80. The number of hydrogen-bond acceptors (Lipinski definition) is 5. The minimum absolute atomic E-state index is 0.113. The van der Waals surface area contributed by atoms with Crippen molar-refractivity contribution in [1.82, 2.24) is 14.6 Å². The Morgan fingerprint density at radius 3 is 3.26 bits per heavy atom. The number of rotatable bonds is 3. The third-order valence-electron chi connectivity index (χ3n) is 3.63. The molecule has 1 unspecified atom stereocenters. The first-order valence-electron chi connectivity index (χ1n) is 6.60. The van der Waals surface area contributed by atoms with Gasteiger partial charge in [0, 0.05) is 6.20 Å². The second kappa shape index (κ2) is 5.17. The zero-order valence-electron chi connectivity index (χ0n) is 10.8. The molecule has 1 aliphatic rings. The van der Waals surface area contributed by atoms with Gasteiger partial charge in [-0.25, -0.2) is 0 Å². The molecule has 2 aromatic rings. The van der Waals surface area contributed by atoms with Crippen molar-refractivity contribution >= 4 is 17.3 Å². The molecule has 2 aromatic heterocycles. The van der Waals surface area contributed by atoms with Crippen LogP contribution < -0.4 is 0 Å². The van der Waals surface area contributed by atoms with Crippen molar-refractivity contribution in [3.8, 4) is 0 Å². The lowest BCUT2D eigenvalue weighted by Crippen LogP contribution is -2.20. The summed E-state index contributed by atoms with van der Waals surface area (Å²) in [4.78, 5) is 17.8. The van der Waals surface area contributed by atoms with Crippen molar-refractivity contribution in [2.45, 2.75) is 38.5 Å². The summed E-state index contributed by atoms with van der Waals surface area (Å²) in [7, 11) is 0. The van der Waals surface area contributed by atoms with E-state index in [0.29, 0.717) is 4.88 Å². The van der Waals surface area contributed by atoms with Gasteiger partial charge in [0.25, 0.3) is 0 Å². The molecule has 0 aromatic carbocycles. The van der Waals surface area contributed by atoms with E-state index in [2.05, 4.69) is 20.6 Å². The first kappa shape index (κ1) is 12.4. The second-order valence-electron chi connectivity index (χ2n) is 4.76. The van der Waals surface area contributed by atoms with Crippen LogP contribution in [0, 0.1) is 0 Å². The minimum Gasteiger partial charge on any atom is -0.292 e. The van der Waals surface area contributed by atoms with Crippen molar-refractivity contribution < 1.29 is 4.79 Å². The molecular formula is C14H15N3OS. The van der Waals surface area contributed by atoms with Gasteiger partial charge >= 0.3 is 0 Å². The normalized spacial score (nSPS) is 18.1. The highest BCUT2D eigenvalue weighted by Gasteiger charge is 2.30. The molecule has 5 heteroatoms. The molecule has 2 heterocycles. The van der Waals surface area contributed by atoms with E-state index < -0.39 is 0 Å². The zero-order chi connectivity index (χ0) is 13.2. The van der Waals surface area contributed by atoms with E-state index in [0.717, 1.165) is 37.1 Å². The fourth-order valence-corrected chi connectivity index (χ4v) is 3.39. The summed E-state index contributed by atoms with van der Waals surface area (Å²) in [6.07, 6.45) is 5.47. The third kappa shape index (κ3) is 2.18. The molecule has 0 aliphatic heterocycles. The van der Waals surface area contributed by atoms with Crippen molar-refractivity contribution in [1.29, 1.82) is 0 Å².